The van der Waals surface area contributed by atoms with Gasteiger partial charge in [0.15, 0.2) is 5.60 Å². The Kier molecular flexibility index (Phi) is 6.39. The number of nitrogens with two attached hydrogens (primary N) is 1. The molecule has 0 saturated heterocycles. The highest BCUT2D eigenvalue weighted by Gasteiger charge is 2.30. The van der Waals surface area contributed by atoms with Crippen molar-refractivity contribution >= 4 is 23.6 Å². The molecule has 0 aromatic rings. The van der Waals surface area contributed by atoms with Gasteiger partial charge < -0.3 is 21.3 Å². The van der Waals surface area contributed by atoms with Crippen molar-refractivity contribution in [3.05, 3.63) is 0 Å². The quantitative estimate of drug-likeness (QED) is 0.462. The van der Waals surface area contributed by atoms with Gasteiger partial charge in [-0.3, -0.25) is 4.79 Å². The van der Waals surface area contributed by atoms with Crippen LogP contribution in [0.1, 0.15) is 13.3 Å². The molecule has 0 aliphatic heterocycles. The highest BCUT2D eigenvalue weighted by molar-refractivity contribution is 7.98. The van der Waals surface area contributed by atoms with E-state index in [1.165, 1.54) is 0 Å². The van der Waals surface area contributed by atoms with E-state index in [1.54, 1.807) is 11.8 Å². The van der Waals surface area contributed by atoms with Crippen LogP contribution in [0, 0.1) is 0 Å². The molecule has 0 aromatic heterocycles. The first-order valence-electron chi connectivity index (χ1n) is 4.79. The molecular formula is C9H18N2O4S. The lowest BCUT2D eigenvalue weighted by Gasteiger charge is -2.19. The second-order valence-electron chi connectivity index (χ2n) is 3.68. The van der Waals surface area contributed by atoms with E-state index in [2.05, 4.69) is 5.32 Å². The van der Waals surface area contributed by atoms with Gasteiger partial charge >= 0.3 is 5.97 Å². The van der Waals surface area contributed by atoms with Crippen molar-refractivity contribution in [3.63, 3.8) is 0 Å². The van der Waals surface area contributed by atoms with E-state index < -0.39 is 23.5 Å². The van der Waals surface area contributed by atoms with Crippen LogP contribution >= 0.6 is 11.8 Å². The van der Waals surface area contributed by atoms with Crippen LogP contribution in [0.15, 0.2) is 0 Å². The number of hydrogen-bond donors (Lipinski definition) is 4. The lowest BCUT2D eigenvalue weighted by Crippen LogP contribution is -2.50. The second-order valence-corrected chi connectivity index (χ2v) is 4.67. The lowest BCUT2D eigenvalue weighted by atomic mass is 10.1. The topological polar surface area (TPSA) is 113 Å². The van der Waals surface area contributed by atoms with E-state index >= 15 is 0 Å². The molecule has 0 aromatic carbocycles. The fraction of sp³-hybridized carbons (Fsp3) is 0.778. The number of nitrogens with one attached hydrogen (secondary N) is 1. The number of thioether (sulfide) groups is 1. The summed E-state index contributed by atoms with van der Waals surface area (Å²) in [5.41, 5.74) is 3.59. The molecule has 1 amide bonds. The van der Waals surface area contributed by atoms with Crippen molar-refractivity contribution in [1.29, 1.82) is 0 Å². The smallest absolute Gasteiger partial charge is 0.337 e. The van der Waals surface area contributed by atoms with Crippen LogP contribution in [0.2, 0.25) is 0 Å². The van der Waals surface area contributed by atoms with Crippen molar-refractivity contribution in [1.82, 2.24) is 5.32 Å². The van der Waals surface area contributed by atoms with Crippen LogP contribution in [0.5, 0.6) is 0 Å². The third-order valence-corrected chi connectivity index (χ3v) is 2.68. The summed E-state index contributed by atoms with van der Waals surface area (Å²) < 4.78 is 0. The number of hydrogen-bond acceptors (Lipinski definition) is 5. The van der Waals surface area contributed by atoms with Gasteiger partial charge in [-0.1, -0.05) is 0 Å². The van der Waals surface area contributed by atoms with Gasteiger partial charge in [0.1, 0.15) is 0 Å². The van der Waals surface area contributed by atoms with E-state index in [4.69, 9.17) is 10.8 Å². The largest absolute Gasteiger partial charge is 0.479 e. The molecule has 0 aliphatic carbocycles. The van der Waals surface area contributed by atoms with E-state index in [-0.39, 0.29) is 6.54 Å². The number of rotatable bonds is 7. The monoisotopic (exact) mass is 250 g/mol. The molecule has 0 spiro atoms. The Bertz CT molecular complexity index is 258. The van der Waals surface area contributed by atoms with Gasteiger partial charge in [0.05, 0.1) is 12.6 Å². The maximum Gasteiger partial charge on any atom is 0.337 e. The molecule has 16 heavy (non-hydrogen) atoms. The molecule has 0 bridgehead atoms. The molecule has 0 radical (unpaired) electrons. The van der Waals surface area contributed by atoms with Crippen LogP contribution in [0.25, 0.3) is 0 Å². The Morgan fingerprint density at radius 3 is 2.56 bits per heavy atom. The number of carbonyl (C=O) groups is 2. The Morgan fingerprint density at radius 1 is 1.56 bits per heavy atom. The third kappa shape index (κ3) is 5.34. The predicted molar refractivity (Wildman–Crippen MR) is 62.2 cm³/mol. The first-order chi connectivity index (χ1) is 7.31. The lowest BCUT2D eigenvalue weighted by molar-refractivity contribution is -0.156. The van der Waals surface area contributed by atoms with Crippen molar-refractivity contribution in [3.8, 4) is 0 Å². The van der Waals surface area contributed by atoms with Gasteiger partial charge in [-0.25, -0.2) is 4.79 Å². The van der Waals surface area contributed by atoms with Crippen molar-refractivity contribution in [2.24, 2.45) is 5.73 Å². The summed E-state index contributed by atoms with van der Waals surface area (Å²) in [6, 6.07) is -0.669. The molecule has 1 unspecified atom stereocenters. The van der Waals surface area contributed by atoms with Crippen molar-refractivity contribution in [2.75, 3.05) is 18.6 Å². The molecule has 0 heterocycles. The van der Waals surface area contributed by atoms with Gasteiger partial charge in [0.25, 0.3) is 0 Å². The van der Waals surface area contributed by atoms with Gasteiger partial charge in [0.2, 0.25) is 5.91 Å². The summed E-state index contributed by atoms with van der Waals surface area (Å²) in [6.07, 6.45) is 2.42. The minimum absolute atomic E-state index is 0.353. The number of carboxylic acids is 1. The third-order valence-electron chi connectivity index (χ3n) is 2.04. The maximum absolute atomic E-state index is 11.4. The van der Waals surface area contributed by atoms with Gasteiger partial charge in [0, 0.05) is 0 Å². The molecular weight excluding hydrogens is 232 g/mol. The SMILES string of the molecule is CSCC[C@@H](N)C(=O)NCC(C)(O)C(=O)O. The molecule has 0 rings (SSSR count). The average Bonchev–Trinajstić information content (AvgIpc) is 2.22. The number of carboxylic acid groups (broad SMARTS) is 1. The summed E-state index contributed by atoms with van der Waals surface area (Å²) in [5, 5.41) is 20.2. The van der Waals surface area contributed by atoms with E-state index in [9.17, 15) is 14.7 Å². The standard InChI is InChI=1S/C9H18N2O4S/c1-9(15,8(13)14)5-11-7(12)6(10)3-4-16-2/h6,15H,3-5,10H2,1-2H3,(H,11,12)(H,13,14)/t6-,9?/m1/s1. The normalized spacial score (nSPS) is 16.2. The molecule has 94 valence electrons. The Balaban J connectivity index is 4.02. The molecule has 7 heteroatoms. The summed E-state index contributed by atoms with van der Waals surface area (Å²) in [5.74, 6) is -1.08. The second kappa shape index (κ2) is 6.72. The van der Waals surface area contributed by atoms with Crippen LogP contribution in [-0.4, -0.2) is 52.3 Å². The Labute approximate surface area is 98.6 Å². The van der Waals surface area contributed by atoms with Crippen LogP contribution in [0.3, 0.4) is 0 Å². The van der Waals surface area contributed by atoms with Gasteiger partial charge in [-0.15, -0.1) is 0 Å². The van der Waals surface area contributed by atoms with E-state index in [0.717, 1.165) is 12.7 Å². The minimum atomic E-state index is -1.96. The molecule has 6 nitrogen and oxygen atoms in total. The molecule has 5 N–H and O–H groups in total. The van der Waals surface area contributed by atoms with Crippen LogP contribution < -0.4 is 11.1 Å². The zero-order valence-corrected chi connectivity index (χ0v) is 10.2. The Morgan fingerprint density at radius 2 is 2.12 bits per heavy atom. The molecule has 0 saturated carbocycles. The van der Waals surface area contributed by atoms with Crippen LogP contribution in [0.4, 0.5) is 0 Å². The summed E-state index contributed by atoms with van der Waals surface area (Å²) in [6.45, 7) is 0.761. The average molecular weight is 250 g/mol. The number of amides is 1. The number of aliphatic hydroxyl groups is 1. The fourth-order valence-electron chi connectivity index (χ4n) is 0.842. The summed E-state index contributed by atoms with van der Waals surface area (Å²) in [4.78, 5) is 21.9. The highest BCUT2D eigenvalue weighted by atomic mass is 32.2. The highest BCUT2D eigenvalue weighted by Crippen LogP contribution is 2.02. The van der Waals surface area contributed by atoms with Crippen molar-refractivity contribution < 1.29 is 19.8 Å². The minimum Gasteiger partial charge on any atom is -0.479 e. The van der Waals surface area contributed by atoms with Gasteiger partial charge in [-0.05, 0) is 25.4 Å². The maximum atomic E-state index is 11.4. The molecule has 0 aliphatic rings. The van der Waals surface area contributed by atoms with Crippen LogP contribution in [-0.2, 0) is 9.59 Å². The van der Waals surface area contributed by atoms with E-state index in [0.29, 0.717) is 6.42 Å². The predicted octanol–water partition coefficient (Wildman–Crippen LogP) is -0.981. The zero-order chi connectivity index (χ0) is 12.8. The first kappa shape index (κ1) is 15.2. The number of aliphatic carboxylic acids is 1. The summed E-state index contributed by atoms with van der Waals surface area (Å²) >= 11 is 1.57. The number of carbonyl (C=O) groups excluding carboxylic acids is 1. The van der Waals surface area contributed by atoms with E-state index in [1.807, 2.05) is 6.26 Å². The zero-order valence-electron chi connectivity index (χ0n) is 9.40. The van der Waals surface area contributed by atoms with Gasteiger partial charge in [-0.2, -0.15) is 11.8 Å². The fourth-order valence-corrected chi connectivity index (χ4v) is 1.33. The molecule has 0 fully saturated rings. The first-order valence-corrected chi connectivity index (χ1v) is 6.18. The summed E-state index contributed by atoms with van der Waals surface area (Å²) in [7, 11) is 0. The van der Waals surface area contributed by atoms with Crippen molar-refractivity contribution in [2.45, 2.75) is 25.0 Å². The Hall–Kier alpha value is -0.790. The molecule has 2 atom stereocenters.